The Morgan fingerprint density at radius 2 is 2.42 bits per heavy atom. The Bertz CT molecular complexity index is 606. The van der Waals surface area contributed by atoms with Gasteiger partial charge in [-0.15, -0.1) is 0 Å². The number of rotatable bonds is 6. The highest BCUT2D eigenvalue weighted by Gasteiger charge is 2.13. The Kier molecular flexibility index (Phi) is 4.13. The first-order chi connectivity index (χ1) is 9.15. The molecule has 104 valence electrons. The first-order valence-electron chi connectivity index (χ1n) is 5.96. The number of anilines is 1. The molecular weight excluding hydrogens is 250 g/mol. The van der Waals surface area contributed by atoms with Gasteiger partial charge in [-0.05, 0) is 6.42 Å². The van der Waals surface area contributed by atoms with Gasteiger partial charge < -0.3 is 20.1 Å². The number of nitrogen functional groups attached to an aromatic ring is 1. The maximum absolute atomic E-state index is 11.6. The maximum atomic E-state index is 11.6. The summed E-state index contributed by atoms with van der Waals surface area (Å²) in [6, 6.07) is 0. The van der Waals surface area contributed by atoms with Crippen LogP contribution in [0, 0.1) is 5.92 Å². The summed E-state index contributed by atoms with van der Waals surface area (Å²) in [5, 5.41) is 9.33. The van der Waals surface area contributed by atoms with Crippen LogP contribution < -0.4 is 11.3 Å². The molecule has 8 nitrogen and oxygen atoms in total. The van der Waals surface area contributed by atoms with E-state index < -0.39 is 0 Å². The SMILES string of the molecule is COCC[C@@H](CO)Cn1cnc2c(=O)[nH]c(N)nc21. The van der Waals surface area contributed by atoms with Gasteiger partial charge in [-0.2, -0.15) is 4.98 Å². The minimum absolute atomic E-state index is 0.0136. The number of aliphatic hydroxyl groups is 1. The van der Waals surface area contributed by atoms with Crippen molar-refractivity contribution in [3.8, 4) is 0 Å². The molecule has 0 spiro atoms. The van der Waals surface area contributed by atoms with Crippen LogP contribution in [0.15, 0.2) is 11.1 Å². The Hall–Kier alpha value is -1.93. The predicted molar refractivity (Wildman–Crippen MR) is 69.6 cm³/mol. The van der Waals surface area contributed by atoms with E-state index in [2.05, 4.69) is 15.0 Å². The van der Waals surface area contributed by atoms with E-state index in [1.165, 1.54) is 6.33 Å². The predicted octanol–water partition coefficient (Wildman–Crippen LogP) is -0.653. The summed E-state index contributed by atoms with van der Waals surface area (Å²) in [4.78, 5) is 22.1. The Balaban J connectivity index is 2.27. The van der Waals surface area contributed by atoms with Crippen LogP contribution in [0.2, 0.25) is 0 Å². The first-order valence-corrected chi connectivity index (χ1v) is 5.96. The standard InChI is InChI=1S/C11H17N5O3/c1-19-3-2-7(5-17)4-16-6-13-8-9(16)14-11(12)15-10(8)18/h6-7,17H,2-5H2,1H3,(H3,12,14,15,18)/t7-/m1/s1. The van der Waals surface area contributed by atoms with Gasteiger partial charge in [0.05, 0.1) is 6.33 Å². The molecule has 0 radical (unpaired) electrons. The van der Waals surface area contributed by atoms with Crippen molar-refractivity contribution in [2.45, 2.75) is 13.0 Å². The number of hydrogen-bond donors (Lipinski definition) is 3. The molecule has 8 heteroatoms. The van der Waals surface area contributed by atoms with E-state index in [4.69, 9.17) is 10.5 Å². The Labute approximate surface area is 109 Å². The zero-order valence-electron chi connectivity index (χ0n) is 10.7. The number of methoxy groups -OCH3 is 1. The number of nitrogens with two attached hydrogens (primary N) is 1. The third-order valence-corrected chi connectivity index (χ3v) is 2.94. The molecule has 0 saturated heterocycles. The van der Waals surface area contributed by atoms with Crippen molar-refractivity contribution in [1.82, 2.24) is 19.5 Å². The average Bonchev–Trinajstić information content (AvgIpc) is 2.77. The molecule has 1 atom stereocenters. The van der Waals surface area contributed by atoms with Gasteiger partial charge in [0.2, 0.25) is 5.95 Å². The second kappa shape index (κ2) is 5.81. The molecule has 0 fully saturated rings. The minimum atomic E-state index is -0.362. The van der Waals surface area contributed by atoms with Gasteiger partial charge in [-0.3, -0.25) is 9.78 Å². The maximum Gasteiger partial charge on any atom is 0.280 e. The van der Waals surface area contributed by atoms with Crippen LogP contribution in [0.4, 0.5) is 5.95 Å². The number of H-pyrrole nitrogens is 1. The van der Waals surface area contributed by atoms with Crippen LogP contribution in [-0.2, 0) is 11.3 Å². The van der Waals surface area contributed by atoms with Crippen LogP contribution in [0.1, 0.15) is 6.42 Å². The number of nitrogens with zero attached hydrogens (tertiary/aromatic N) is 3. The number of ether oxygens (including phenoxy) is 1. The van der Waals surface area contributed by atoms with Crippen LogP contribution in [-0.4, -0.2) is 44.9 Å². The summed E-state index contributed by atoms with van der Waals surface area (Å²) in [6.45, 7) is 1.10. The van der Waals surface area contributed by atoms with E-state index in [0.29, 0.717) is 25.2 Å². The van der Waals surface area contributed by atoms with E-state index >= 15 is 0 Å². The molecule has 0 aliphatic heterocycles. The Morgan fingerprint density at radius 3 is 3.11 bits per heavy atom. The second-order valence-corrected chi connectivity index (χ2v) is 4.35. The smallest absolute Gasteiger partial charge is 0.280 e. The van der Waals surface area contributed by atoms with E-state index in [1.54, 1.807) is 11.7 Å². The van der Waals surface area contributed by atoms with Gasteiger partial charge in [-0.25, -0.2) is 4.98 Å². The quantitative estimate of drug-likeness (QED) is 0.639. The first kappa shape index (κ1) is 13.5. The van der Waals surface area contributed by atoms with E-state index in [1.807, 2.05) is 0 Å². The lowest BCUT2D eigenvalue weighted by Crippen LogP contribution is -2.17. The van der Waals surface area contributed by atoms with E-state index in [-0.39, 0.29) is 29.5 Å². The molecular formula is C11H17N5O3. The van der Waals surface area contributed by atoms with Gasteiger partial charge >= 0.3 is 0 Å². The largest absolute Gasteiger partial charge is 0.396 e. The number of aromatic amines is 1. The number of aromatic nitrogens is 4. The minimum Gasteiger partial charge on any atom is -0.396 e. The number of imidazole rings is 1. The molecule has 2 heterocycles. The molecule has 4 N–H and O–H groups in total. The number of fused-ring (bicyclic) bond motifs is 1. The van der Waals surface area contributed by atoms with Gasteiger partial charge in [0.1, 0.15) is 0 Å². The molecule has 0 aliphatic rings. The van der Waals surface area contributed by atoms with Crippen molar-refractivity contribution in [2.24, 2.45) is 5.92 Å². The molecule has 0 bridgehead atoms. The fourth-order valence-electron chi connectivity index (χ4n) is 1.91. The molecule has 0 saturated carbocycles. The fraction of sp³-hybridized carbons (Fsp3) is 0.545. The number of hydrogen-bond acceptors (Lipinski definition) is 6. The lowest BCUT2D eigenvalue weighted by atomic mass is 10.1. The summed E-state index contributed by atoms with van der Waals surface area (Å²) in [7, 11) is 1.61. The third-order valence-electron chi connectivity index (χ3n) is 2.94. The highest BCUT2D eigenvalue weighted by Crippen LogP contribution is 2.12. The number of aliphatic hydroxyl groups excluding tert-OH is 1. The molecule has 0 unspecified atom stereocenters. The summed E-state index contributed by atoms with van der Waals surface area (Å²) in [5.41, 5.74) is 5.83. The normalized spacial score (nSPS) is 12.9. The van der Waals surface area contributed by atoms with E-state index in [0.717, 1.165) is 0 Å². The fourth-order valence-corrected chi connectivity index (χ4v) is 1.91. The van der Waals surface area contributed by atoms with Crippen molar-refractivity contribution in [1.29, 1.82) is 0 Å². The average molecular weight is 267 g/mol. The lowest BCUT2D eigenvalue weighted by Gasteiger charge is -2.14. The highest BCUT2D eigenvalue weighted by atomic mass is 16.5. The van der Waals surface area contributed by atoms with Crippen molar-refractivity contribution in [2.75, 3.05) is 26.1 Å². The Morgan fingerprint density at radius 1 is 1.63 bits per heavy atom. The summed E-state index contributed by atoms with van der Waals surface area (Å²) in [6.07, 6.45) is 2.24. The lowest BCUT2D eigenvalue weighted by molar-refractivity contribution is 0.140. The summed E-state index contributed by atoms with van der Waals surface area (Å²) < 4.78 is 6.71. The molecule has 0 amide bonds. The van der Waals surface area contributed by atoms with Crippen molar-refractivity contribution >= 4 is 17.1 Å². The second-order valence-electron chi connectivity index (χ2n) is 4.35. The monoisotopic (exact) mass is 267 g/mol. The molecule has 0 aromatic carbocycles. The highest BCUT2D eigenvalue weighted by molar-refractivity contribution is 5.70. The van der Waals surface area contributed by atoms with Crippen molar-refractivity contribution in [3.05, 3.63) is 16.7 Å². The van der Waals surface area contributed by atoms with Crippen molar-refractivity contribution < 1.29 is 9.84 Å². The van der Waals surface area contributed by atoms with Gasteiger partial charge in [0, 0.05) is 32.8 Å². The zero-order chi connectivity index (χ0) is 13.8. The van der Waals surface area contributed by atoms with Gasteiger partial charge in [0.25, 0.3) is 5.56 Å². The topological polar surface area (TPSA) is 119 Å². The zero-order valence-corrected chi connectivity index (χ0v) is 10.7. The molecule has 0 aliphatic carbocycles. The van der Waals surface area contributed by atoms with Crippen LogP contribution >= 0.6 is 0 Å². The third kappa shape index (κ3) is 2.91. The van der Waals surface area contributed by atoms with Gasteiger partial charge in [0.15, 0.2) is 11.2 Å². The van der Waals surface area contributed by atoms with Crippen LogP contribution in [0.3, 0.4) is 0 Å². The van der Waals surface area contributed by atoms with Crippen LogP contribution in [0.5, 0.6) is 0 Å². The van der Waals surface area contributed by atoms with Crippen molar-refractivity contribution in [3.63, 3.8) is 0 Å². The molecule has 2 aromatic heterocycles. The molecule has 2 rings (SSSR count). The van der Waals surface area contributed by atoms with Gasteiger partial charge in [-0.1, -0.05) is 0 Å². The molecule has 2 aromatic rings. The summed E-state index contributed by atoms with van der Waals surface area (Å²) in [5.74, 6) is 0.0661. The van der Waals surface area contributed by atoms with Crippen LogP contribution in [0.25, 0.3) is 11.2 Å². The number of nitrogens with one attached hydrogen (secondary N) is 1. The van der Waals surface area contributed by atoms with E-state index in [9.17, 15) is 9.90 Å². The molecule has 19 heavy (non-hydrogen) atoms. The summed E-state index contributed by atoms with van der Waals surface area (Å²) >= 11 is 0.